The summed E-state index contributed by atoms with van der Waals surface area (Å²) in [7, 11) is 0. The lowest BCUT2D eigenvalue weighted by atomic mass is 10.0. The molecule has 2 rings (SSSR count). The van der Waals surface area contributed by atoms with E-state index in [0.717, 1.165) is 25.6 Å². The van der Waals surface area contributed by atoms with Crippen LogP contribution in [-0.4, -0.2) is 24.0 Å². The number of nitrogens with zero attached hydrogens (tertiary/aromatic N) is 1. The van der Waals surface area contributed by atoms with Crippen LogP contribution in [0.15, 0.2) is 43.0 Å². The number of hydrogen-bond donors (Lipinski definition) is 1. The Kier molecular flexibility index (Phi) is 4.35. The zero-order valence-corrected chi connectivity index (χ0v) is 10.4. The van der Waals surface area contributed by atoms with E-state index in [1.807, 2.05) is 12.1 Å². The standard InChI is InChI=1S/C15H22N2/c1-2-11-17(14-8-9-14)12-10-15(16)13-6-4-3-5-7-13/h2-7,14-15H,1,8-12,16H2. The number of hydrogen-bond acceptors (Lipinski definition) is 2. The van der Waals surface area contributed by atoms with Crippen molar-refractivity contribution in [3.05, 3.63) is 48.6 Å². The molecule has 92 valence electrons. The third kappa shape index (κ3) is 3.69. The average molecular weight is 230 g/mol. The number of rotatable bonds is 7. The molecule has 1 aromatic rings. The molecule has 2 N–H and O–H groups in total. The molecule has 0 spiro atoms. The first-order valence-corrected chi connectivity index (χ1v) is 6.46. The molecule has 0 radical (unpaired) electrons. The summed E-state index contributed by atoms with van der Waals surface area (Å²) in [4.78, 5) is 2.50. The van der Waals surface area contributed by atoms with Crippen LogP contribution in [0.25, 0.3) is 0 Å². The summed E-state index contributed by atoms with van der Waals surface area (Å²) in [5.41, 5.74) is 7.45. The molecule has 2 heteroatoms. The average Bonchev–Trinajstić information content (AvgIpc) is 3.19. The predicted molar refractivity (Wildman–Crippen MR) is 72.8 cm³/mol. The first-order valence-electron chi connectivity index (χ1n) is 6.46. The minimum absolute atomic E-state index is 0.155. The zero-order chi connectivity index (χ0) is 12.1. The molecule has 1 fully saturated rings. The summed E-state index contributed by atoms with van der Waals surface area (Å²) in [6, 6.07) is 11.3. The van der Waals surface area contributed by atoms with Gasteiger partial charge in [-0.25, -0.2) is 0 Å². The van der Waals surface area contributed by atoms with E-state index in [0.29, 0.717) is 0 Å². The Bertz CT molecular complexity index is 343. The third-order valence-electron chi connectivity index (χ3n) is 3.38. The summed E-state index contributed by atoms with van der Waals surface area (Å²) >= 11 is 0. The van der Waals surface area contributed by atoms with Gasteiger partial charge in [0.1, 0.15) is 0 Å². The largest absolute Gasteiger partial charge is 0.324 e. The predicted octanol–water partition coefficient (Wildman–Crippen LogP) is 2.73. The smallest absolute Gasteiger partial charge is 0.0307 e. The Labute approximate surface area is 104 Å². The highest BCUT2D eigenvalue weighted by molar-refractivity contribution is 5.18. The maximum atomic E-state index is 6.21. The van der Waals surface area contributed by atoms with Crippen LogP contribution in [0.4, 0.5) is 0 Å². The first kappa shape index (κ1) is 12.3. The quantitative estimate of drug-likeness (QED) is 0.730. The van der Waals surface area contributed by atoms with E-state index in [1.165, 1.54) is 18.4 Å². The molecule has 0 amide bonds. The van der Waals surface area contributed by atoms with Crippen molar-refractivity contribution in [2.45, 2.75) is 31.3 Å². The number of nitrogens with two attached hydrogens (primary N) is 1. The molecule has 1 saturated carbocycles. The van der Waals surface area contributed by atoms with Gasteiger partial charge in [0.05, 0.1) is 0 Å². The van der Waals surface area contributed by atoms with Gasteiger partial charge in [-0.05, 0) is 24.8 Å². The van der Waals surface area contributed by atoms with Gasteiger partial charge in [0.25, 0.3) is 0 Å². The van der Waals surface area contributed by atoms with Crippen LogP contribution >= 0.6 is 0 Å². The molecule has 1 aliphatic carbocycles. The summed E-state index contributed by atoms with van der Waals surface area (Å²) in [6.07, 6.45) is 5.70. The van der Waals surface area contributed by atoms with E-state index in [1.54, 1.807) is 0 Å². The van der Waals surface area contributed by atoms with Crippen molar-refractivity contribution in [3.63, 3.8) is 0 Å². The number of benzene rings is 1. The molecule has 0 heterocycles. The SMILES string of the molecule is C=CCN(CCC(N)c1ccccc1)C1CC1. The fourth-order valence-corrected chi connectivity index (χ4v) is 2.20. The van der Waals surface area contributed by atoms with E-state index in [2.05, 4.69) is 35.7 Å². The fourth-order valence-electron chi connectivity index (χ4n) is 2.20. The van der Waals surface area contributed by atoms with E-state index in [9.17, 15) is 0 Å². The third-order valence-corrected chi connectivity index (χ3v) is 3.38. The molecular formula is C15H22N2. The van der Waals surface area contributed by atoms with Gasteiger partial charge in [-0.1, -0.05) is 36.4 Å². The maximum absolute atomic E-state index is 6.21. The normalized spacial score (nSPS) is 17.1. The van der Waals surface area contributed by atoms with E-state index >= 15 is 0 Å². The van der Waals surface area contributed by atoms with Crippen LogP contribution in [0.5, 0.6) is 0 Å². The van der Waals surface area contributed by atoms with Crippen molar-refractivity contribution in [2.75, 3.05) is 13.1 Å². The van der Waals surface area contributed by atoms with Crippen molar-refractivity contribution >= 4 is 0 Å². The maximum Gasteiger partial charge on any atom is 0.0307 e. The van der Waals surface area contributed by atoms with Crippen molar-refractivity contribution in [3.8, 4) is 0 Å². The second-order valence-corrected chi connectivity index (χ2v) is 4.82. The molecule has 0 bridgehead atoms. The van der Waals surface area contributed by atoms with Gasteiger partial charge in [0, 0.05) is 25.2 Å². The zero-order valence-electron chi connectivity index (χ0n) is 10.4. The molecule has 1 aromatic carbocycles. The highest BCUT2D eigenvalue weighted by Gasteiger charge is 2.27. The van der Waals surface area contributed by atoms with Gasteiger partial charge in [0.2, 0.25) is 0 Å². The highest BCUT2D eigenvalue weighted by atomic mass is 15.2. The van der Waals surface area contributed by atoms with E-state index in [4.69, 9.17) is 5.73 Å². The van der Waals surface area contributed by atoms with Gasteiger partial charge in [0.15, 0.2) is 0 Å². The van der Waals surface area contributed by atoms with Crippen LogP contribution in [-0.2, 0) is 0 Å². The van der Waals surface area contributed by atoms with Crippen molar-refractivity contribution in [2.24, 2.45) is 5.73 Å². The Morgan fingerprint density at radius 1 is 1.35 bits per heavy atom. The molecule has 0 saturated heterocycles. The molecule has 2 nitrogen and oxygen atoms in total. The van der Waals surface area contributed by atoms with Gasteiger partial charge in [-0.3, -0.25) is 4.90 Å². The lowest BCUT2D eigenvalue weighted by Gasteiger charge is -2.22. The minimum atomic E-state index is 0.155. The van der Waals surface area contributed by atoms with E-state index < -0.39 is 0 Å². The molecular weight excluding hydrogens is 208 g/mol. The summed E-state index contributed by atoms with van der Waals surface area (Å²) in [5, 5.41) is 0. The Balaban J connectivity index is 1.82. The van der Waals surface area contributed by atoms with Crippen LogP contribution < -0.4 is 5.73 Å². The van der Waals surface area contributed by atoms with Gasteiger partial charge in [-0.2, -0.15) is 0 Å². The Morgan fingerprint density at radius 3 is 2.65 bits per heavy atom. The Morgan fingerprint density at radius 2 is 2.06 bits per heavy atom. The molecule has 17 heavy (non-hydrogen) atoms. The lowest BCUT2D eigenvalue weighted by Crippen LogP contribution is -2.29. The fraction of sp³-hybridized carbons (Fsp3) is 0.467. The molecule has 1 aliphatic rings. The first-order chi connectivity index (χ1) is 8.31. The van der Waals surface area contributed by atoms with Crippen LogP contribution in [0.2, 0.25) is 0 Å². The molecule has 0 aromatic heterocycles. The van der Waals surface area contributed by atoms with Crippen LogP contribution in [0.3, 0.4) is 0 Å². The topological polar surface area (TPSA) is 29.3 Å². The second-order valence-electron chi connectivity index (χ2n) is 4.82. The monoisotopic (exact) mass is 230 g/mol. The molecule has 1 unspecified atom stereocenters. The summed E-state index contributed by atoms with van der Waals surface area (Å²) in [6.45, 7) is 5.89. The van der Waals surface area contributed by atoms with Crippen LogP contribution in [0.1, 0.15) is 30.9 Å². The minimum Gasteiger partial charge on any atom is -0.324 e. The molecule has 0 aliphatic heterocycles. The van der Waals surface area contributed by atoms with Crippen LogP contribution in [0, 0.1) is 0 Å². The van der Waals surface area contributed by atoms with Crippen molar-refractivity contribution < 1.29 is 0 Å². The highest BCUT2D eigenvalue weighted by Crippen LogP contribution is 2.27. The summed E-state index contributed by atoms with van der Waals surface area (Å²) in [5.74, 6) is 0. The lowest BCUT2D eigenvalue weighted by molar-refractivity contribution is 0.280. The second kappa shape index (κ2) is 5.99. The Hall–Kier alpha value is -1.12. The van der Waals surface area contributed by atoms with Crippen molar-refractivity contribution in [1.82, 2.24) is 4.90 Å². The van der Waals surface area contributed by atoms with Gasteiger partial charge >= 0.3 is 0 Å². The van der Waals surface area contributed by atoms with Gasteiger partial charge < -0.3 is 5.73 Å². The summed E-state index contributed by atoms with van der Waals surface area (Å²) < 4.78 is 0. The van der Waals surface area contributed by atoms with Gasteiger partial charge in [-0.15, -0.1) is 6.58 Å². The van der Waals surface area contributed by atoms with Crippen molar-refractivity contribution in [1.29, 1.82) is 0 Å². The molecule has 1 atom stereocenters. The van der Waals surface area contributed by atoms with E-state index in [-0.39, 0.29) is 6.04 Å².